The van der Waals surface area contributed by atoms with E-state index in [1.807, 2.05) is 0 Å². The van der Waals surface area contributed by atoms with Crippen molar-refractivity contribution in [2.45, 2.75) is 5.00 Å². The van der Waals surface area contributed by atoms with Gasteiger partial charge in [0.2, 0.25) is 0 Å². The molecule has 0 spiro atoms. The van der Waals surface area contributed by atoms with Crippen LogP contribution in [0.25, 0.3) is 0 Å². The van der Waals surface area contributed by atoms with E-state index in [9.17, 15) is 17.2 Å². The fourth-order valence-corrected chi connectivity index (χ4v) is 3.27. The average Bonchev–Trinajstić information content (AvgIpc) is 2.34. The van der Waals surface area contributed by atoms with Gasteiger partial charge in [0.15, 0.2) is 5.83 Å². The Kier molecular flexibility index (Phi) is 3.33. The van der Waals surface area contributed by atoms with Crippen molar-refractivity contribution in [2.24, 2.45) is 0 Å². The molecule has 0 amide bonds. The molecule has 1 saturated heterocycles. The van der Waals surface area contributed by atoms with Gasteiger partial charge in [-0.25, -0.2) is 17.2 Å². The van der Waals surface area contributed by atoms with Crippen LogP contribution in [0, 0.1) is 6.42 Å². The van der Waals surface area contributed by atoms with E-state index in [-0.39, 0.29) is 26.3 Å². The minimum absolute atomic E-state index is 0.0405. The number of ether oxygens (including phenoxy) is 1. The topological polar surface area (TPSA) is 46.6 Å². The smallest absolute Gasteiger partial charge is 0.293 e. The Morgan fingerprint density at radius 1 is 1.35 bits per heavy atom. The standard InChI is InChI=1S/C10H12F2NO3S/c11-9-3-1-2-4-10(9,12)17(14,15)13-5-7-16-8-6-13/h1-4H,5-8H2. The van der Waals surface area contributed by atoms with E-state index in [0.29, 0.717) is 6.08 Å². The van der Waals surface area contributed by atoms with Crippen LogP contribution in [0.3, 0.4) is 0 Å². The molecule has 0 aromatic heterocycles. The Morgan fingerprint density at radius 3 is 2.59 bits per heavy atom. The number of hydrogen-bond donors (Lipinski definition) is 0. The van der Waals surface area contributed by atoms with Gasteiger partial charge in [-0.2, -0.15) is 4.31 Å². The first-order valence-electron chi connectivity index (χ1n) is 5.14. The third-order valence-corrected chi connectivity index (χ3v) is 4.80. The Balaban J connectivity index is 2.33. The quantitative estimate of drug-likeness (QED) is 0.745. The maximum absolute atomic E-state index is 14.3. The van der Waals surface area contributed by atoms with Crippen LogP contribution < -0.4 is 0 Å². The molecule has 0 N–H and O–H groups in total. The molecule has 1 unspecified atom stereocenters. The van der Waals surface area contributed by atoms with Crippen molar-refractivity contribution in [1.29, 1.82) is 0 Å². The monoisotopic (exact) mass is 264 g/mol. The number of sulfonamides is 1. The Bertz CT molecular complexity index is 454. The summed E-state index contributed by atoms with van der Waals surface area (Å²) in [6.07, 6.45) is 3.97. The molecule has 2 aliphatic rings. The zero-order valence-corrected chi connectivity index (χ0v) is 9.79. The van der Waals surface area contributed by atoms with E-state index in [0.717, 1.165) is 10.4 Å². The second kappa shape index (κ2) is 4.47. The number of allylic oxidation sites excluding steroid dienone is 2. The molecule has 0 saturated carbocycles. The first-order chi connectivity index (χ1) is 7.98. The molecule has 4 nitrogen and oxygen atoms in total. The summed E-state index contributed by atoms with van der Waals surface area (Å²) in [7, 11) is -4.40. The highest BCUT2D eigenvalue weighted by atomic mass is 32.2. The van der Waals surface area contributed by atoms with Crippen LogP contribution in [0.2, 0.25) is 0 Å². The second-order valence-corrected chi connectivity index (χ2v) is 5.79. The van der Waals surface area contributed by atoms with Crippen LogP contribution in [0.5, 0.6) is 0 Å². The third-order valence-electron chi connectivity index (χ3n) is 2.68. The molecule has 1 atom stereocenters. The Morgan fingerprint density at radius 2 is 2.00 bits per heavy atom. The second-order valence-electron chi connectivity index (χ2n) is 3.73. The van der Waals surface area contributed by atoms with Crippen molar-refractivity contribution in [3.05, 3.63) is 30.5 Å². The van der Waals surface area contributed by atoms with Crippen LogP contribution in [0.15, 0.2) is 24.1 Å². The van der Waals surface area contributed by atoms with Crippen molar-refractivity contribution in [1.82, 2.24) is 4.31 Å². The van der Waals surface area contributed by atoms with Gasteiger partial charge in [-0.15, -0.1) is 0 Å². The molecule has 1 heterocycles. The van der Waals surface area contributed by atoms with Gasteiger partial charge in [0.25, 0.3) is 15.0 Å². The van der Waals surface area contributed by atoms with Gasteiger partial charge < -0.3 is 4.74 Å². The van der Waals surface area contributed by atoms with Gasteiger partial charge in [0, 0.05) is 19.5 Å². The molecule has 17 heavy (non-hydrogen) atoms. The van der Waals surface area contributed by atoms with E-state index >= 15 is 0 Å². The van der Waals surface area contributed by atoms with E-state index in [4.69, 9.17) is 4.74 Å². The predicted molar refractivity (Wildman–Crippen MR) is 57.8 cm³/mol. The van der Waals surface area contributed by atoms with Gasteiger partial charge in [-0.05, 0) is 12.2 Å². The summed E-state index contributed by atoms with van der Waals surface area (Å²) in [6, 6.07) is 0. The Labute approximate surface area is 98.6 Å². The van der Waals surface area contributed by atoms with Crippen LogP contribution in [-0.2, 0) is 14.8 Å². The van der Waals surface area contributed by atoms with Gasteiger partial charge in [0.1, 0.15) is 0 Å². The molecule has 1 aliphatic heterocycles. The molecule has 1 aliphatic carbocycles. The van der Waals surface area contributed by atoms with Crippen LogP contribution >= 0.6 is 0 Å². The minimum Gasteiger partial charge on any atom is -0.379 e. The average molecular weight is 264 g/mol. The number of morpholine rings is 1. The largest absolute Gasteiger partial charge is 0.379 e. The predicted octanol–water partition coefficient (Wildman–Crippen LogP) is 0.942. The Hall–Kier alpha value is -0.790. The van der Waals surface area contributed by atoms with Gasteiger partial charge in [-0.3, -0.25) is 0 Å². The molecule has 1 fully saturated rings. The summed E-state index contributed by atoms with van der Waals surface area (Å²) in [5, 5.41) is -3.08. The highest BCUT2D eigenvalue weighted by molar-refractivity contribution is 7.90. The first-order valence-corrected chi connectivity index (χ1v) is 6.58. The van der Waals surface area contributed by atoms with Crippen molar-refractivity contribution in [3.63, 3.8) is 0 Å². The molecule has 95 valence electrons. The summed E-state index contributed by atoms with van der Waals surface area (Å²) in [5.41, 5.74) is 0. The van der Waals surface area contributed by atoms with Crippen molar-refractivity contribution >= 4 is 10.0 Å². The molecule has 0 bridgehead atoms. The lowest BCUT2D eigenvalue weighted by molar-refractivity contribution is 0.0707. The van der Waals surface area contributed by atoms with Crippen LogP contribution in [0.4, 0.5) is 8.78 Å². The fourth-order valence-electron chi connectivity index (χ4n) is 1.70. The molecule has 0 aromatic carbocycles. The molecule has 7 heteroatoms. The fraction of sp³-hybridized carbons (Fsp3) is 0.500. The summed E-state index contributed by atoms with van der Waals surface area (Å²) in [5.74, 6) is -1.31. The van der Waals surface area contributed by atoms with E-state index < -0.39 is 20.9 Å². The zero-order valence-electron chi connectivity index (χ0n) is 8.97. The van der Waals surface area contributed by atoms with E-state index in [2.05, 4.69) is 0 Å². The summed E-state index contributed by atoms with van der Waals surface area (Å²) in [4.78, 5) is 0. The number of hydrogen-bond acceptors (Lipinski definition) is 3. The number of alkyl halides is 1. The van der Waals surface area contributed by atoms with Gasteiger partial charge in [-0.1, -0.05) is 6.08 Å². The van der Waals surface area contributed by atoms with Crippen molar-refractivity contribution < 1.29 is 21.9 Å². The molecular weight excluding hydrogens is 252 g/mol. The summed E-state index contributed by atoms with van der Waals surface area (Å²) < 4.78 is 57.7. The van der Waals surface area contributed by atoms with Crippen LogP contribution in [0.1, 0.15) is 0 Å². The normalized spacial score (nSPS) is 31.3. The number of nitrogens with zero attached hydrogens (tertiary/aromatic N) is 1. The maximum Gasteiger partial charge on any atom is 0.293 e. The summed E-state index contributed by atoms with van der Waals surface area (Å²) >= 11 is 0. The lowest BCUT2D eigenvalue weighted by atomic mass is 10.1. The summed E-state index contributed by atoms with van der Waals surface area (Å²) in [6.45, 7) is 0.463. The number of halogens is 2. The third kappa shape index (κ3) is 2.02. The first kappa shape index (κ1) is 12.7. The SMILES string of the molecule is O=S(=O)(N1CCOCC1)C1(F)C=C[CH]C=C1F. The van der Waals surface area contributed by atoms with Crippen molar-refractivity contribution in [2.75, 3.05) is 26.3 Å². The molecule has 0 aromatic rings. The van der Waals surface area contributed by atoms with E-state index in [1.54, 1.807) is 0 Å². The highest BCUT2D eigenvalue weighted by Crippen LogP contribution is 2.36. The number of rotatable bonds is 2. The van der Waals surface area contributed by atoms with Crippen molar-refractivity contribution in [3.8, 4) is 0 Å². The van der Waals surface area contributed by atoms with Gasteiger partial charge >= 0.3 is 0 Å². The molecular formula is C10H12F2NO3S. The lowest BCUT2D eigenvalue weighted by Crippen LogP contribution is -2.49. The molecule has 2 rings (SSSR count). The zero-order chi connectivity index (χ0) is 12.5. The lowest BCUT2D eigenvalue weighted by Gasteiger charge is -2.32. The maximum atomic E-state index is 14.3. The van der Waals surface area contributed by atoms with E-state index in [1.165, 1.54) is 12.5 Å². The highest BCUT2D eigenvalue weighted by Gasteiger charge is 2.51. The minimum atomic E-state index is -4.40. The van der Waals surface area contributed by atoms with Gasteiger partial charge in [0.05, 0.1) is 13.2 Å². The molecule has 1 radical (unpaired) electrons. The van der Waals surface area contributed by atoms with Crippen LogP contribution in [-0.4, -0.2) is 44.0 Å².